The minimum Gasteiger partial charge on any atom is -0.442 e. The van der Waals surface area contributed by atoms with Crippen LogP contribution in [0.1, 0.15) is 0 Å². The molecule has 0 unspecified atom stereocenters. The normalized spacial score (nSPS) is 10.0. The summed E-state index contributed by atoms with van der Waals surface area (Å²) in [7, 11) is 0. The van der Waals surface area contributed by atoms with Crippen molar-refractivity contribution >= 4 is 0 Å². The number of oxazole rings is 2. The lowest BCUT2D eigenvalue weighted by Crippen LogP contribution is -1.68. The van der Waals surface area contributed by atoms with E-state index in [9.17, 15) is 0 Å². The van der Waals surface area contributed by atoms with Gasteiger partial charge < -0.3 is 8.83 Å². The van der Waals surface area contributed by atoms with E-state index in [4.69, 9.17) is 8.83 Å². The standard InChI is InChI=1S/C6H4N2O2/c1-2-9-6(8-1)5-3-7-4-10-5/h1-4H. The van der Waals surface area contributed by atoms with Gasteiger partial charge in [-0.3, -0.25) is 0 Å². The average molecular weight is 136 g/mol. The Bertz CT molecular complexity index is 253. The number of hydrogen-bond acceptors (Lipinski definition) is 4. The molecule has 0 saturated carbocycles. The van der Waals surface area contributed by atoms with E-state index in [0.29, 0.717) is 11.7 Å². The predicted octanol–water partition coefficient (Wildman–Crippen LogP) is 1.33. The van der Waals surface area contributed by atoms with E-state index in [1.807, 2.05) is 0 Å². The molecule has 50 valence electrons. The van der Waals surface area contributed by atoms with E-state index in [1.165, 1.54) is 12.7 Å². The first-order valence-electron chi connectivity index (χ1n) is 2.75. The maximum atomic E-state index is 4.93. The highest BCUT2D eigenvalue weighted by molar-refractivity contribution is 5.40. The summed E-state index contributed by atoms with van der Waals surface area (Å²) in [5, 5.41) is 0. The van der Waals surface area contributed by atoms with E-state index in [1.54, 1.807) is 12.4 Å². The molecule has 0 aromatic carbocycles. The summed E-state index contributed by atoms with van der Waals surface area (Å²) >= 11 is 0. The highest BCUT2D eigenvalue weighted by Gasteiger charge is 2.03. The smallest absolute Gasteiger partial charge is 0.264 e. The maximum absolute atomic E-state index is 4.93. The monoisotopic (exact) mass is 136 g/mol. The van der Waals surface area contributed by atoms with Gasteiger partial charge >= 0.3 is 0 Å². The maximum Gasteiger partial charge on any atom is 0.264 e. The minimum absolute atomic E-state index is 0.456. The van der Waals surface area contributed by atoms with Gasteiger partial charge in [0.1, 0.15) is 6.26 Å². The van der Waals surface area contributed by atoms with Gasteiger partial charge in [0.15, 0.2) is 6.39 Å². The molecule has 2 aromatic rings. The van der Waals surface area contributed by atoms with E-state index in [0.717, 1.165) is 0 Å². The van der Waals surface area contributed by atoms with Crippen molar-refractivity contribution < 1.29 is 8.83 Å². The Labute approximate surface area is 56.5 Å². The van der Waals surface area contributed by atoms with Gasteiger partial charge in [-0.1, -0.05) is 0 Å². The van der Waals surface area contributed by atoms with Crippen molar-refractivity contribution in [3.63, 3.8) is 0 Å². The molecule has 0 atom stereocenters. The molecule has 0 spiro atoms. The Hall–Kier alpha value is -1.58. The lowest BCUT2D eigenvalue weighted by molar-refractivity contribution is 0.514. The minimum atomic E-state index is 0.456. The highest BCUT2D eigenvalue weighted by atomic mass is 16.4. The summed E-state index contributed by atoms with van der Waals surface area (Å²) in [6, 6.07) is 0. The summed E-state index contributed by atoms with van der Waals surface area (Å²) in [4.78, 5) is 7.57. The Kier molecular flexibility index (Phi) is 1.04. The van der Waals surface area contributed by atoms with Crippen LogP contribution in [0.25, 0.3) is 11.7 Å². The van der Waals surface area contributed by atoms with Gasteiger partial charge in [-0.2, -0.15) is 0 Å². The van der Waals surface area contributed by atoms with Crippen LogP contribution >= 0.6 is 0 Å². The van der Waals surface area contributed by atoms with E-state index < -0.39 is 0 Å². The molecule has 0 N–H and O–H groups in total. The van der Waals surface area contributed by atoms with Gasteiger partial charge in [-0.05, 0) is 0 Å². The molecule has 0 amide bonds. The molecular weight excluding hydrogens is 132 g/mol. The summed E-state index contributed by atoms with van der Waals surface area (Å²) in [6.45, 7) is 0. The fourth-order valence-corrected chi connectivity index (χ4v) is 0.667. The van der Waals surface area contributed by atoms with Crippen LogP contribution in [0.2, 0.25) is 0 Å². The molecule has 4 heteroatoms. The van der Waals surface area contributed by atoms with Crippen molar-refractivity contribution in [2.24, 2.45) is 0 Å². The zero-order valence-electron chi connectivity index (χ0n) is 5.02. The molecule has 0 radical (unpaired) electrons. The lowest BCUT2D eigenvalue weighted by Gasteiger charge is -1.81. The van der Waals surface area contributed by atoms with Crippen LogP contribution in [-0.4, -0.2) is 9.97 Å². The van der Waals surface area contributed by atoms with Crippen molar-refractivity contribution in [3.05, 3.63) is 25.1 Å². The Morgan fingerprint density at radius 1 is 1.30 bits per heavy atom. The molecular formula is C6H4N2O2. The predicted molar refractivity (Wildman–Crippen MR) is 32.0 cm³/mol. The second kappa shape index (κ2) is 1.98. The first-order valence-corrected chi connectivity index (χ1v) is 2.75. The van der Waals surface area contributed by atoms with Crippen LogP contribution in [0.3, 0.4) is 0 Å². The first-order chi connectivity index (χ1) is 4.97. The van der Waals surface area contributed by atoms with Gasteiger partial charge in [-0.25, -0.2) is 9.97 Å². The van der Waals surface area contributed by atoms with Gasteiger partial charge in [0.25, 0.3) is 5.89 Å². The molecule has 0 fully saturated rings. The Balaban J connectivity index is 2.48. The van der Waals surface area contributed by atoms with Crippen LogP contribution in [0.5, 0.6) is 0 Å². The second-order valence-corrected chi connectivity index (χ2v) is 1.70. The van der Waals surface area contributed by atoms with Gasteiger partial charge in [0, 0.05) is 0 Å². The second-order valence-electron chi connectivity index (χ2n) is 1.70. The van der Waals surface area contributed by atoms with Crippen LogP contribution in [-0.2, 0) is 0 Å². The number of rotatable bonds is 1. The van der Waals surface area contributed by atoms with Gasteiger partial charge in [0.2, 0.25) is 5.76 Å². The number of hydrogen-bond donors (Lipinski definition) is 0. The third kappa shape index (κ3) is 0.699. The average Bonchev–Trinajstić information content (AvgIpc) is 2.59. The third-order valence-corrected chi connectivity index (χ3v) is 1.08. The molecule has 4 nitrogen and oxygen atoms in total. The Morgan fingerprint density at radius 2 is 2.30 bits per heavy atom. The van der Waals surface area contributed by atoms with E-state index in [-0.39, 0.29) is 0 Å². The molecule has 0 saturated heterocycles. The summed E-state index contributed by atoms with van der Waals surface area (Å²) in [5.74, 6) is 1.00. The quantitative estimate of drug-likeness (QED) is 0.593. The van der Waals surface area contributed by atoms with E-state index >= 15 is 0 Å². The largest absolute Gasteiger partial charge is 0.442 e. The van der Waals surface area contributed by atoms with Gasteiger partial charge in [0.05, 0.1) is 12.4 Å². The Morgan fingerprint density at radius 3 is 2.90 bits per heavy atom. The molecule has 0 aliphatic rings. The summed E-state index contributed by atoms with van der Waals surface area (Å²) < 4.78 is 9.84. The topological polar surface area (TPSA) is 52.1 Å². The molecule has 10 heavy (non-hydrogen) atoms. The van der Waals surface area contributed by atoms with Crippen molar-refractivity contribution in [2.75, 3.05) is 0 Å². The number of aromatic nitrogens is 2. The van der Waals surface area contributed by atoms with Crippen LogP contribution < -0.4 is 0 Å². The lowest BCUT2D eigenvalue weighted by atomic mass is 10.5. The molecule has 2 aromatic heterocycles. The van der Waals surface area contributed by atoms with Gasteiger partial charge in [-0.15, -0.1) is 0 Å². The van der Waals surface area contributed by atoms with Crippen LogP contribution in [0.4, 0.5) is 0 Å². The molecule has 2 heterocycles. The third-order valence-electron chi connectivity index (χ3n) is 1.08. The highest BCUT2D eigenvalue weighted by Crippen LogP contribution is 2.14. The van der Waals surface area contributed by atoms with Crippen molar-refractivity contribution in [1.82, 2.24) is 9.97 Å². The van der Waals surface area contributed by atoms with Crippen LogP contribution in [0, 0.1) is 0 Å². The zero-order valence-corrected chi connectivity index (χ0v) is 5.02. The fraction of sp³-hybridized carbons (Fsp3) is 0. The zero-order chi connectivity index (χ0) is 6.81. The molecule has 0 bridgehead atoms. The molecule has 0 aliphatic heterocycles. The summed E-state index contributed by atoms with van der Waals surface area (Å²) in [6.07, 6.45) is 5.92. The SMILES string of the molecule is c1coc(-c2cnco2)n1. The van der Waals surface area contributed by atoms with Crippen molar-refractivity contribution in [3.8, 4) is 11.7 Å². The van der Waals surface area contributed by atoms with Crippen molar-refractivity contribution in [2.45, 2.75) is 0 Å². The van der Waals surface area contributed by atoms with E-state index in [2.05, 4.69) is 9.97 Å². The first kappa shape index (κ1) is 5.22. The van der Waals surface area contributed by atoms with Crippen molar-refractivity contribution in [1.29, 1.82) is 0 Å². The fourth-order valence-electron chi connectivity index (χ4n) is 0.667. The summed E-state index contributed by atoms with van der Waals surface area (Å²) in [5.41, 5.74) is 0. The molecule has 0 aliphatic carbocycles. The van der Waals surface area contributed by atoms with Crippen LogP contribution in [0.15, 0.2) is 33.9 Å². The number of nitrogens with zero attached hydrogens (tertiary/aromatic N) is 2. The molecule has 2 rings (SSSR count).